The number of guanidine groups is 1. The van der Waals surface area contributed by atoms with Crippen molar-refractivity contribution in [2.75, 3.05) is 13.2 Å². The average molecular weight is 490 g/mol. The molecule has 0 aromatic carbocycles. The van der Waals surface area contributed by atoms with Crippen molar-refractivity contribution in [1.29, 1.82) is 0 Å². The molecule has 0 aromatic heterocycles. The zero-order valence-electron chi connectivity index (χ0n) is 19.2. The van der Waals surface area contributed by atoms with Crippen LogP contribution in [0.1, 0.15) is 39.5 Å². The minimum atomic E-state index is -1.64. The Labute approximate surface area is 196 Å². The molecule has 194 valence electrons. The third-order valence-corrected chi connectivity index (χ3v) is 4.63. The first-order valence-electron chi connectivity index (χ1n) is 10.6. The number of carbonyl (C=O) groups excluding carboxylic acids is 3. The number of nitrogens with one attached hydrogen (secondary N) is 3. The zero-order chi connectivity index (χ0) is 26.4. The van der Waals surface area contributed by atoms with Gasteiger partial charge in [-0.1, -0.05) is 13.8 Å². The molecule has 12 N–H and O–H groups in total. The summed E-state index contributed by atoms with van der Waals surface area (Å²) in [5.41, 5.74) is 16.3. The van der Waals surface area contributed by atoms with Gasteiger partial charge in [-0.05, 0) is 25.2 Å². The molecule has 0 radical (unpaired) electrons. The van der Waals surface area contributed by atoms with Gasteiger partial charge in [0.2, 0.25) is 17.7 Å². The van der Waals surface area contributed by atoms with Crippen LogP contribution in [0.3, 0.4) is 0 Å². The molecule has 4 atom stereocenters. The summed E-state index contributed by atoms with van der Waals surface area (Å²) in [6, 6.07) is -5.16. The van der Waals surface area contributed by atoms with Gasteiger partial charge in [0, 0.05) is 13.0 Å². The molecule has 15 heteroatoms. The molecule has 0 heterocycles. The molecular formula is C19H35N7O8. The number of aliphatic carboxylic acids is 2. The van der Waals surface area contributed by atoms with E-state index < -0.39 is 72.8 Å². The molecular weight excluding hydrogens is 454 g/mol. The van der Waals surface area contributed by atoms with Crippen molar-refractivity contribution < 1.29 is 39.3 Å². The highest BCUT2D eigenvalue weighted by Gasteiger charge is 2.31. The molecule has 34 heavy (non-hydrogen) atoms. The smallest absolute Gasteiger partial charge is 0.328 e. The molecule has 0 fully saturated rings. The number of nitrogens with zero attached hydrogens (tertiary/aromatic N) is 1. The molecule has 0 saturated heterocycles. The highest BCUT2D eigenvalue weighted by molar-refractivity contribution is 5.94. The minimum Gasteiger partial charge on any atom is -0.481 e. The minimum absolute atomic E-state index is 0.0929. The molecule has 4 unspecified atom stereocenters. The fourth-order valence-electron chi connectivity index (χ4n) is 2.70. The van der Waals surface area contributed by atoms with E-state index >= 15 is 0 Å². The second kappa shape index (κ2) is 15.4. The van der Waals surface area contributed by atoms with E-state index in [1.165, 1.54) is 0 Å². The maximum atomic E-state index is 12.8. The standard InChI is InChI=1S/C19H35N7O8/c1-9(2)14(26-15(30)10(20)4-3-7-23-19(21)22)17(32)24-11(5-6-13(28)29)16(31)25-12(8-27)18(33)34/h9-12,14,27H,3-8,20H2,1-2H3,(H,24,32)(H,25,31)(H,26,30)(H,28,29)(H,33,34)(H4,21,22,23). The van der Waals surface area contributed by atoms with Gasteiger partial charge in [0.05, 0.1) is 12.6 Å². The number of rotatable bonds is 16. The number of aliphatic imine (C=N–C) groups is 1. The van der Waals surface area contributed by atoms with Gasteiger partial charge in [-0.2, -0.15) is 0 Å². The fraction of sp³-hybridized carbons (Fsp3) is 0.684. The highest BCUT2D eigenvalue weighted by atomic mass is 16.4. The predicted molar refractivity (Wildman–Crippen MR) is 120 cm³/mol. The molecule has 0 aliphatic rings. The summed E-state index contributed by atoms with van der Waals surface area (Å²) >= 11 is 0. The van der Waals surface area contributed by atoms with Gasteiger partial charge in [0.25, 0.3) is 0 Å². The largest absolute Gasteiger partial charge is 0.481 e. The maximum Gasteiger partial charge on any atom is 0.328 e. The van der Waals surface area contributed by atoms with E-state index in [0.717, 1.165) is 0 Å². The number of hydrogen-bond acceptors (Lipinski definition) is 8. The molecule has 15 nitrogen and oxygen atoms in total. The normalized spacial score (nSPS) is 14.3. The Morgan fingerprint density at radius 2 is 1.47 bits per heavy atom. The number of aliphatic hydroxyl groups excluding tert-OH is 1. The number of carboxylic acids is 2. The van der Waals surface area contributed by atoms with E-state index in [0.29, 0.717) is 6.42 Å². The molecule has 0 aliphatic heterocycles. The first kappa shape index (κ1) is 30.5. The van der Waals surface area contributed by atoms with Gasteiger partial charge in [-0.25, -0.2) is 4.79 Å². The van der Waals surface area contributed by atoms with Gasteiger partial charge in [-0.3, -0.25) is 24.2 Å². The van der Waals surface area contributed by atoms with Crippen molar-refractivity contribution in [3.8, 4) is 0 Å². The number of amides is 3. The lowest BCUT2D eigenvalue weighted by Gasteiger charge is -2.26. The lowest BCUT2D eigenvalue weighted by Crippen LogP contribution is -2.58. The van der Waals surface area contributed by atoms with Crippen LogP contribution in [0, 0.1) is 5.92 Å². The van der Waals surface area contributed by atoms with E-state index in [4.69, 9.17) is 32.5 Å². The van der Waals surface area contributed by atoms with Crippen LogP contribution in [0.4, 0.5) is 0 Å². The van der Waals surface area contributed by atoms with E-state index in [-0.39, 0.29) is 25.3 Å². The Kier molecular flexibility index (Phi) is 13.8. The summed E-state index contributed by atoms with van der Waals surface area (Å²) in [6.07, 6.45) is -0.211. The van der Waals surface area contributed by atoms with Crippen LogP contribution in [0.15, 0.2) is 4.99 Å². The first-order valence-corrected chi connectivity index (χ1v) is 10.6. The summed E-state index contributed by atoms with van der Waals surface area (Å²) in [6.45, 7) is 2.62. The van der Waals surface area contributed by atoms with Gasteiger partial charge < -0.3 is 48.5 Å². The number of carbonyl (C=O) groups is 5. The highest BCUT2D eigenvalue weighted by Crippen LogP contribution is 2.07. The van der Waals surface area contributed by atoms with Crippen LogP contribution < -0.4 is 33.2 Å². The molecule has 0 saturated carbocycles. The summed E-state index contributed by atoms with van der Waals surface area (Å²) < 4.78 is 0. The molecule has 0 rings (SSSR count). The molecule has 3 amide bonds. The monoisotopic (exact) mass is 489 g/mol. The van der Waals surface area contributed by atoms with Crippen molar-refractivity contribution in [3.05, 3.63) is 0 Å². The van der Waals surface area contributed by atoms with Crippen LogP contribution in [0.2, 0.25) is 0 Å². The summed E-state index contributed by atoms with van der Waals surface area (Å²) in [5, 5.41) is 33.9. The van der Waals surface area contributed by atoms with E-state index in [1.807, 2.05) is 5.32 Å². The van der Waals surface area contributed by atoms with Crippen LogP contribution in [0.5, 0.6) is 0 Å². The lowest BCUT2D eigenvalue weighted by atomic mass is 10.0. The van der Waals surface area contributed by atoms with Gasteiger partial charge in [0.1, 0.15) is 18.1 Å². The number of aliphatic hydroxyl groups is 1. The zero-order valence-corrected chi connectivity index (χ0v) is 19.2. The van der Waals surface area contributed by atoms with Gasteiger partial charge in [0.15, 0.2) is 5.96 Å². The van der Waals surface area contributed by atoms with Crippen LogP contribution in [-0.2, 0) is 24.0 Å². The van der Waals surface area contributed by atoms with Crippen molar-refractivity contribution in [3.63, 3.8) is 0 Å². The van der Waals surface area contributed by atoms with E-state index in [2.05, 4.69) is 15.6 Å². The van der Waals surface area contributed by atoms with Crippen molar-refractivity contribution in [2.45, 2.75) is 63.7 Å². The van der Waals surface area contributed by atoms with Crippen molar-refractivity contribution in [2.24, 2.45) is 28.1 Å². The van der Waals surface area contributed by atoms with Gasteiger partial charge in [-0.15, -0.1) is 0 Å². The predicted octanol–water partition coefficient (Wildman–Crippen LogP) is -3.58. The molecule has 0 bridgehead atoms. The Morgan fingerprint density at radius 1 is 0.882 bits per heavy atom. The Bertz CT molecular complexity index is 755. The number of carboxylic acid groups (broad SMARTS) is 2. The third-order valence-electron chi connectivity index (χ3n) is 4.63. The third kappa shape index (κ3) is 12.0. The SMILES string of the molecule is CC(C)C(NC(=O)C(N)CCCN=C(N)N)C(=O)NC(CCC(=O)O)C(=O)NC(CO)C(=O)O. The molecule has 0 aromatic rings. The van der Waals surface area contributed by atoms with Crippen LogP contribution in [0.25, 0.3) is 0 Å². The van der Waals surface area contributed by atoms with E-state index in [9.17, 15) is 24.0 Å². The first-order chi connectivity index (χ1) is 15.8. The average Bonchev–Trinajstić information content (AvgIpc) is 2.74. The lowest BCUT2D eigenvalue weighted by molar-refractivity contribution is -0.144. The van der Waals surface area contributed by atoms with Crippen molar-refractivity contribution in [1.82, 2.24) is 16.0 Å². The summed E-state index contributed by atoms with van der Waals surface area (Å²) in [5.74, 6) is -5.71. The van der Waals surface area contributed by atoms with Gasteiger partial charge >= 0.3 is 11.9 Å². The Balaban J connectivity index is 5.28. The van der Waals surface area contributed by atoms with Crippen LogP contribution in [-0.4, -0.2) is 88.3 Å². The number of nitrogens with two attached hydrogens (primary N) is 3. The topological polar surface area (TPSA) is 273 Å². The molecule has 0 aliphatic carbocycles. The second-order valence-corrected chi connectivity index (χ2v) is 7.86. The Hall–Kier alpha value is -3.46. The Morgan fingerprint density at radius 3 is 1.94 bits per heavy atom. The van der Waals surface area contributed by atoms with Crippen molar-refractivity contribution >= 4 is 35.6 Å². The quantitative estimate of drug-likeness (QED) is 0.0580. The number of hydrogen-bond donors (Lipinski definition) is 9. The van der Waals surface area contributed by atoms with E-state index in [1.54, 1.807) is 13.8 Å². The second-order valence-electron chi connectivity index (χ2n) is 7.86. The summed E-state index contributed by atoms with van der Waals surface area (Å²) in [4.78, 5) is 63.5. The fourth-order valence-corrected chi connectivity index (χ4v) is 2.70. The summed E-state index contributed by atoms with van der Waals surface area (Å²) in [7, 11) is 0. The maximum absolute atomic E-state index is 12.8. The van der Waals surface area contributed by atoms with Crippen LogP contribution >= 0.6 is 0 Å². The molecule has 0 spiro atoms.